The van der Waals surface area contributed by atoms with Crippen molar-refractivity contribution in [1.29, 1.82) is 0 Å². The number of carbonyl (C=O) groups is 4. The van der Waals surface area contributed by atoms with E-state index in [1.54, 1.807) is 6.92 Å². The van der Waals surface area contributed by atoms with Crippen LogP contribution in [-0.4, -0.2) is 83.2 Å². The van der Waals surface area contributed by atoms with Gasteiger partial charge in [0.1, 0.15) is 24.2 Å². The quantitative estimate of drug-likeness (QED) is 0.125. The van der Waals surface area contributed by atoms with E-state index in [0.717, 1.165) is 0 Å². The Hall–Kier alpha value is -1.89. The average Bonchev–Trinajstić information content (AvgIpc) is 2.77. The van der Waals surface area contributed by atoms with E-state index in [1.807, 2.05) is 13.2 Å². The van der Waals surface area contributed by atoms with Crippen LogP contribution in [0.1, 0.15) is 46.0 Å². The van der Waals surface area contributed by atoms with Crippen molar-refractivity contribution in [2.24, 2.45) is 17.4 Å². The maximum Gasteiger partial charge on any atom is 0.326 e. The van der Waals surface area contributed by atoms with E-state index < -0.39 is 54.5 Å². The highest BCUT2D eigenvalue weighted by molar-refractivity contribution is 7.98. The standard InChI is InChI=1S/C20H39N5O6S/c1-4-12(2)16(25-17(27)13(22)11-26)19(29)23-14(8-10-32-3)18(28)24-15(20(30)31)7-5-6-9-21/h12-16,26H,4-11,21-22H2,1-3H3,(H,23,29)(H,24,28)(H,25,27)(H,30,31). The lowest BCUT2D eigenvalue weighted by Gasteiger charge is -2.27. The number of nitrogens with one attached hydrogen (secondary N) is 3. The molecule has 3 amide bonds. The van der Waals surface area contributed by atoms with Gasteiger partial charge in [-0.25, -0.2) is 4.79 Å². The minimum atomic E-state index is -1.17. The van der Waals surface area contributed by atoms with Crippen LogP contribution in [0.15, 0.2) is 0 Å². The number of amides is 3. The second-order valence-corrected chi connectivity index (χ2v) is 8.67. The number of carboxylic acid groups (broad SMARTS) is 1. The molecular formula is C20H39N5O6S. The van der Waals surface area contributed by atoms with Gasteiger partial charge in [0.15, 0.2) is 0 Å². The zero-order valence-electron chi connectivity index (χ0n) is 19.1. The van der Waals surface area contributed by atoms with Crippen molar-refractivity contribution in [1.82, 2.24) is 16.0 Å². The van der Waals surface area contributed by atoms with Gasteiger partial charge < -0.3 is 37.6 Å². The molecule has 0 saturated carbocycles. The van der Waals surface area contributed by atoms with Crippen molar-refractivity contribution >= 4 is 35.5 Å². The first-order chi connectivity index (χ1) is 15.1. The Labute approximate surface area is 193 Å². The Morgan fingerprint density at radius 3 is 2.09 bits per heavy atom. The van der Waals surface area contributed by atoms with Gasteiger partial charge >= 0.3 is 5.97 Å². The van der Waals surface area contributed by atoms with Crippen molar-refractivity contribution in [2.45, 2.75) is 70.1 Å². The summed E-state index contributed by atoms with van der Waals surface area (Å²) in [5, 5.41) is 26.2. The highest BCUT2D eigenvalue weighted by atomic mass is 32.2. The van der Waals surface area contributed by atoms with E-state index in [1.165, 1.54) is 11.8 Å². The summed E-state index contributed by atoms with van der Waals surface area (Å²) < 4.78 is 0. The van der Waals surface area contributed by atoms with Gasteiger partial charge in [0, 0.05) is 0 Å². The molecule has 0 aromatic heterocycles. The van der Waals surface area contributed by atoms with Crippen molar-refractivity contribution in [3.8, 4) is 0 Å². The molecule has 186 valence electrons. The van der Waals surface area contributed by atoms with Gasteiger partial charge in [0.05, 0.1) is 6.61 Å². The molecule has 0 heterocycles. The Kier molecular flexibility index (Phi) is 15.7. The molecule has 0 bridgehead atoms. The van der Waals surface area contributed by atoms with E-state index >= 15 is 0 Å². The SMILES string of the molecule is CCC(C)C(NC(=O)C(N)CO)C(=O)NC(CCSC)C(=O)NC(CCCCN)C(=O)O. The van der Waals surface area contributed by atoms with Crippen molar-refractivity contribution < 1.29 is 29.4 Å². The molecule has 12 heteroatoms. The Morgan fingerprint density at radius 1 is 0.969 bits per heavy atom. The first-order valence-electron chi connectivity index (χ1n) is 10.8. The number of hydrogen-bond acceptors (Lipinski definition) is 8. The lowest BCUT2D eigenvalue weighted by Crippen LogP contribution is -2.59. The van der Waals surface area contributed by atoms with Gasteiger partial charge in [0.25, 0.3) is 0 Å². The molecule has 0 radical (unpaired) electrons. The zero-order chi connectivity index (χ0) is 24.7. The molecule has 11 nitrogen and oxygen atoms in total. The second-order valence-electron chi connectivity index (χ2n) is 7.69. The van der Waals surface area contributed by atoms with Crippen molar-refractivity contribution in [3.05, 3.63) is 0 Å². The molecular weight excluding hydrogens is 438 g/mol. The van der Waals surface area contributed by atoms with Gasteiger partial charge in [-0.1, -0.05) is 20.3 Å². The molecule has 0 aliphatic carbocycles. The number of aliphatic hydroxyl groups is 1. The Balaban J connectivity index is 5.40. The van der Waals surface area contributed by atoms with Crippen molar-refractivity contribution in [3.63, 3.8) is 0 Å². The molecule has 0 aromatic carbocycles. The fraction of sp³-hybridized carbons (Fsp3) is 0.800. The van der Waals surface area contributed by atoms with Crippen LogP contribution in [0.25, 0.3) is 0 Å². The van der Waals surface area contributed by atoms with Crippen LogP contribution in [0.4, 0.5) is 0 Å². The van der Waals surface area contributed by atoms with Gasteiger partial charge in [-0.05, 0) is 50.2 Å². The number of nitrogens with two attached hydrogens (primary N) is 2. The van der Waals surface area contributed by atoms with E-state index in [0.29, 0.717) is 31.6 Å². The van der Waals surface area contributed by atoms with E-state index in [-0.39, 0.29) is 18.8 Å². The lowest BCUT2D eigenvalue weighted by molar-refractivity contribution is -0.142. The van der Waals surface area contributed by atoms with E-state index in [2.05, 4.69) is 16.0 Å². The minimum absolute atomic E-state index is 0.228. The highest BCUT2D eigenvalue weighted by Gasteiger charge is 2.32. The minimum Gasteiger partial charge on any atom is -0.480 e. The molecule has 0 aliphatic rings. The molecule has 9 N–H and O–H groups in total. The molecule has 0 aromatic rings. The second kappa shape index (κ2) is 16.7. The van der Waals surface area contributed by atoms with Gasteiger partial charge in [-0.2, -0.15) is 11.8 Å². The first-order valence-corrected chi connectivity index (χ1v) is 12.2. The third-order valence-corrected chi connectivity index (χ3v) is 5.78. The van der Waals surface area contributed by atoms with Crippen LogP contribution < -0.4 is 27.4 Å². The van der Waals surface area contributed by atoms with Crippen LogP contribution in [0.3, 0.4) is 0 Å². The molecule has 5 atom stereocenters. The molecule has 32 heavy (non-hydrogen) atoms. The van der Waals surface area contributed by atoms with Crippen molar-refractivity contribution in [2.75, 3.05) is 25.2 Å². The smallest absolute Gasteiger partial charge is 0.326 e. The largest absolute Gasteiger partial charge is 0.480 e. The number of rotatable bonds is 17. The number of unbranched alkanes of at least 4 members (excludes halogenated alkanes) is 1. The summed E-state index contributed by atoms with van der Waals surface area (Å²) in [6, 6.07) is -4.19. The summed E-state index contributed by atoms with van der Waals surface area (Å²) in [5.74, 6) is -2.73. The third-order valence-electron chi connectivity index (χ3n) is 5.13. The summed E-state index contributed by atoms with van der Waals surface area (Å²) in [5.41, 5.74) is 11.0. The summed E-state index contributed by atoms with van der Waals surface area (Å²) in [6.45, 7) is 3.47. The third kappa shape index (κ3) is 11.1. The number of carbonyl (C=O) groups excluding carboxylic acids is 3. The number of aliphatic carboxylic acids is 1. The van der Waals surface area contributed by atoms with Gasteiger partial charge in [-0.3, -0.25) is 14.4 Å². The first kappa shape index (κ1) is 30.1. The number of carboxylic acids is 1. The lowest BCUT2D eigenvalue weighted by atomic mass is 9.97. The highest BCUT2D eigenvalue weighted by Crippen LogP contribution is 2.10. The zero-order valence-corrected chi connectivity index (χ0v) is 20.0. The van der Waals surface area contributed by atoms with Crippen LogP contribution in [-0.2, 0) is 19.2 Å². The normalized spacial score (nSPS) is 15.7. The van der Waals surface area contributed by atoms with Crippen LogP contribution in [0, 0.1) is 5.92 Å². The molecule has 0 saturated heterocycles. The Bertz CT molecular complexity index is 609. The van der Waals surface area contributed by atoms with E-state index in [9.17, 15) is 24.3 Å². The number of thioether (sulfide) groups is 1. The predicted octanol–water partition coefficient (Wildman–Crippen LogP) is -1.23. The maximum atomic E-state index is 13.0. The topological polar surface area (TPSA) is 197 Å². The molecule has 0 rings (SSSR count). The summed E-state index contributed by atoms with van der Waals surface area (Å²) in [6.07, 6.45) is 4.11. The fourth-order valence-corrected chi connectivity index (χ4v) is 3.31. The number of aliphatic hydroxyl groups excluding tert-OH is 1. The van der Waals surface area contributed by atoms with Crippen LogP contribution in [0.2, 0.25) is 0 Å². The van der Waals surface area contributed by atoms with Crippen LogP contribution in [0.5, 0.6) is 0 Å². The maximum absolute atomic E-state index is 13.0. The summed E-state index contributed by atoms with van der Waals surface area (Å²) in [7, 11) is 0. The van der Waals surface area contributed by atoms with Gasteiger partial charge in [0.2, 0.25) is 17.7 Å². The average molecular weight is 478 g/mol. The van der Waals surface area contributed by atoms with Crippen LogP contribution >= 0.6 is 11.8 Å². The number of hydrogen-bond donors (Lipinski definition) is 7. The fourth-order valence-electron chi connectivity index (χ4n) is 2.83. The summed E-state index contributed by atoms with van der Waals surface area (Å²) in [4.78, 5) is 49.4. The monoisotopic (exact) mass is 477 g/mol. The predicted molar refractivity (Wildman–Crippen MR) is 124 cm³/mol. The Morgan fingerprint density at radius 2 is 1.59 bits per heavy atom. The van der Waals surface area contributed by atoms with Gasteiger partial charge in [-0.15, -0.1) is 0 Å². The molecule has 0 aliphatic heterocycles. The van der Waals surface area contributed by atoms with E-state index in [4.69, 9.17) is 16.6 Å². The molecule has 0 fully saturated rings. The molecule has 0 spiro atoms. The molecule has 5 unspecified atom stereocenters. The summed E-state index contributed by atoms with van der Waals surface area (Å²) >= 11 is 1.48.